The van der Waals surface area contributed by atoms with E-state index in [1.165, 1.54) is 12.1 Å². The average Bonchev–Trinajstić information content (AvgIpc) is 3.48. The van der Waals surface area contributed by atoms with Crippen LogP contribution >= 0.6 is 11.3 Å². The number of nitrogens with zero attached hydrogens (tertiary/aromatic N) is 2. The molecule has 1 aliphatic heterocycles. The number of carbonyl (C=O) groups excluding carboxylic acids is 2. The SMILES string of the molecule is COc1ccc(CCNC(=O)C(=O)NC(C)C(c2cccs2)N2CCN(c3ccc(F)cc3)CC2)cc1OC. The molecule has 2 unspecified atom stereocenters. The minimum Gasteiger partial charge on any atom is -0.493 e. The van der Waals surface area contributed by atoms with Crippen LogP contribution < -0.4 is 25.0 Å². The van der Waals surface area contributed by atoms with Gasteiger partial charge in [0, 0.05) is 49.3 Å². The van der Waals surface area contributed by atoms with Crippen LogP contribution in [0.4, 0.5) is 10.1 Å². The zero-order valence-corrected chi connectivity index (χ0v) is 23.3. The highest BCUT2D eigenvalue weighted by Crippen LogP contribution is 2.30. The van der Waals surface area contributed by atoms with E-state index in [2.05, 4.69) is 26.5 Å². The number of hydrogen-bond acceptors (Lipinski definition) is 7. The van der Waals surface area contributed by atoms with E-state index in [1.54, 1.807) is 37.7 Å². The monoisotopic (exact) mass is 554 g/mol. The van der Waals surface area contributed by atoms with Gasteiger partial charge in [-0.25, -0.2) is 4.39 Å². The fourth-order valence-electron chi connectivity index (χ4n) is 4.90. The van der Waals surface area contributed by atoms with E-state index >= 15 is 0 Å². The molecule has 0 spiro atoms. The lowest BCUT2D eigenvalue weighted by Gasteiger charge is -2.42. The van der Waals surface area contributed by atoms with Gasteiger partial charge in [-0.05, 0) is 66.8 Å². The maximum atomic E-state index is 13.3. The van der Waals surface area contributed by atoms with Crippen LogP contribution in [0, 0.1) is 5.82 Å². The van der Waals surface area contributed by atoms with Crippen molar-refractivity contribution in [1.29, 1.82) is 0 Å². The molecule has 1 aromatic heterocycles. The quantitative estimate of drug-likeness (QED) is 0.373. The zero-order chi connectivity index (χ0) is 27.8. The van der Waals surface area contributed by atoms with Gasteiger partial charge in [0.1, 0.15) is 5.82 Å². The highest BCUT2D eigenvalue weighted by molar-refractivity contribution is 7.10. The third-order valence-electron chi connectivity index (χ3n) is 6.92. The van der Waals surface area contributed by atoms with Gasteiger partial charge in [-0.3, -0.25) is 14.5 Å². The molecule has 3 aromatic rings. The van der Waals surface area contributed by atoms with Crippen molar-refractivity contribution in [1.82, 2.24) is 15.5 Å². The van der Waals surface area contributed by atoms with Crippen LogP contribution in [0.3, 0.4) is 0 Å². The molecule has 2 atom stereocenters. The summed E-state index contributed by atoms with van der Waals surface area (Å²) in [4.78, 5) is 31.1. The Morgan fingerprint density at radius 1 is 0.974 bits per heavy atom. The third-order valence-corrected chi connectivity index (χ3v) is 7.86. The second-order valence-electron chi connectivity index (χ2n) is 9.42. The Morgan fingerprint density at radius 2 is 1.69 bits per heavy atom. The first-order chi connectivity index (χ1) is 18.9. The molecule has 208 valence electrons. The molecule has 2 heterocycles. The Labute approximate surface area is 232 Å². The van der Waals surface area contributed by atoms with Gasteiger partial charge >= 0.3 is 11.8 Å². The highest BCUT2D eigenvalue weighted by Gasteiger charge is 2.32. The molecule has 39 heavy (non-hydrogen) atoms. The van der Waals surface area contributed by atoms with Crippen molar-refractivity contribution in [2.45, 2.75) is 25.4 Å². The minimum atomic E-state index is -0.659. The summed E-state index contributed by atoms with van der Waals surface area (Å²) in [6.07, 6.45) is 0.547. The van der Waals surface area contributed by atoms with E-state index in [0.717, 1.165) is 42.3 Å². The topological polar surface area (TPSA) is 83.1 Å². The van der Waals surface area contributed by atoms with Crippen molar-refractivity contribution < 1.29 is 23.5 Å². The molecule has 1 saturated heterocycles. The lowest BCUT2D eigenvalue weighted by molar-refractivity contribution is -0.139. The number of thiophene rings is 1. The van der Waals surface area contributed by atoms with E-state index in [1.807, 2.05) is 36.6 Å². The van der Waals surface area contributed by atoms with Gasteiger partial charge in [-0.15, -0.1) is 11.3 Å². The molecule has 4 rings (SSSR count). The summed E-state index contributed by atoms with van der Waals surface area (Å²) in [5.41, 5.74) is 1.95. The number of rotatable bonds is 10. The van der Waals surface area contributed by atoms with Gasteiger partial charge in [0.2, 0.25) is 0 Å². The Morgan fingerprint density at radius 3 is 2.33 bits per heavy atom. The fraction of sp³-hybridized carbons (Fsp3) is 0.379. The largest absolute Gasteiger partial charge is 0.493 e. The molecule has 1 fully saturated rings. The summed E-state index contributed by atoms with van der Waals surface area (Å²) in [6.45, 7) is 5.37. The standard InChI is InChI=1S/C29H35FN4O4S/c1-20(32-29(36)28(35)31-13-12-21-6-11-24(37-2)25(19-21)38-3)27(26-5-4-18-39-26)34-16-14-33(15-17-34)23-9-7-22(30)8-10-23/h4-11,18-20,27H,12-17H2,1-3H3,(H,31,35)(H,32,36). The first-order valence-electron chi connectivity index (χ1n) is 13.0. The second-order valence-corrected chi connectivity index (χ2v) is 10.4. The van der Waals surface area contributed by atoms with E-state index < -0.39 is 11.8 Å². The predicted molar refractivity (Wildman–Crippen MR) is 151 cm³/mol. The smallest absolute Gasteiger partial charge is 0.309 e. The summed E-state index contributed by atoms with van der Waals surface area (Å²) in [5.74, 6) is -0.304. The number of anilines is 1. The lowest BCUT2D eigenvalue weighted by Crippen LogP contribution is -2.53. The number of benzene rings is 2. The average molecular weight is 555 g/mol. The maximum absolute atomic E-state index is 13.3. The van der Waals surface area contributed by atoms with Crippen molar-refractivity contribution in [2.24, 2.45) is 0 Å². The predicted octanol–water partition coefficient (Wildman–Crippen LogP) is 3.63. The Kier molecular flexibility index (Phi) is 9.78. The molecule has 2 amide bonds. The summed E-state index contributed by atoms with van der Waals surface area (Å²) in [7, 11) is 3.15. The van der Waals surface area contributed by atoms with Gasteiger partial charge in [0.05, 0.1) is 20.3 Å². The lowest BCUT2D eigenvalue weighted by atomic mass is 10.0. The molecule has 0 radical (unpaired) electrons. The van der Waals surface area contributed by atoms with Gasteiger partial charge in [-0.1, -0.05) is 12.1 Å². The maximum Gasteiger partial charge on any atom is 0.309 e. The van der Waals surface area contributed by atoms with Crippen molar-refractivity contribution >= 4 is 28.8 Å². The van der Waals surface area contributed by atoms with Crippen LogP contribution in [-0.2, 0) is 16.0 Å². The van der Waals surface area contributed by atoms with Crippen molar-refractivity contribution in [2.75, 3.05) is 51.8 Å². The highest BCUT2D eigenvalue weighted by atomic mass is 32.1. The van der Waals surface area contributed by atoms with Crippen LogP contribution in [0.5, 0.6) is 11.5 Å². The van der Waals surface area contributed by atoms with E-state index in [0.29, 0.717) is 24.5 Å². The molecule has 10 heteroatoms. The Hall–Kier alpha value is -3.63. The van der Waals surface area contributed by atoms with Crippen LogP contribution in [-0.4, -0.2) is 69.7 Å². The molecule has 2 aromatic carbocycles. The molecular formula is C29H35FN4O4S. The van der Waals surface area contributed by atoms with Crippen molar-refractivity contribution in [3.05, 3.63) is 76.2 Å². The number of hydrogen-bond donors (Lipinski definition) is 2. The minimum absolute atomic E-state index is 0.0659. The first kappa shape index (κ1) is 28.4. The van der Waals surface area contributed by atoms with Gasteiger partial charge in [-0.2, -0.15) is 0 Å². The van der Waals surface area contributed by atoms with Crippen molar-refractivity contribution in [3.8, 4) is 11.5 Å². The number of amides is 2. The molecule has 0 bridgehead atoms. The fourth-order valence-corrected chi connectivity index (χ4v) is 5.86. The van der Waals surface area contributed by atoms with Gasteiger partial charge in [0.15, 0.2) is 11.5 Å². The van der Waals surface area contributed by atoms with Crippen LogP contribution in [0.25, 0.3) is 0 Å². The van der Waals surface area contributed by atoms with E-state index in [-0.39, 0.29) is 17.9 Å². The molecule has 0 aliphatic carbocycles. The number of piperazine rings is 1. The molecule has 2 N–H and O–H groups in total. The first-order valence-corrected chi connectivity index (χ1v) is 13.8. The van der Waals surface area contributed by atoms with E-state index in [9.17, 15) is 14.0 Å². The summed E-state index contributed by atoms with van der Waals surface area (Å²) < 4.78 is 23.9. The van der Waals surface area contributed by atoms with Crippen molar-refractivity contribution in [3.63, 3.8) is 0 Å². The van der Waals surface area contributed by atoms with Crippen LogP contribution in [0.1, 0.15) is 23.4 Å². The molecule has 1 aliphatic rings. The Balaban J connectivity index is 1.31. The number of halogens is 1. The molecule has 8 nitrogen and oxygen atoms in total. The number of carbonyl (C=O) groups is 2. The van der Waals surface area contributed by atoms with Gasteiger partial charge in [0.25, 0.3) is 0 Å². The normalized spacial score (nSPS) is 15.3. The summed E-state index contributed by atoms with van der Waals surface area (Å²) in [5, 5.41) is 7.66. The van der Waals surface area contributed by atoms with Crippen LogP contribution in [0.2, 0.25) is 0 Å². The summed E-state index contributed by atoms with van der Waals surface area (Å²) in [6, 6.07) is 15.8. The van der Waals surface area contributed by atoms with Crippen LogP contribution in [0.15, 0.2) is 60.0 Å². The second kappa shape index (κ2) is 13.4. The number of methoxy groups -OCH3 is 2. The van der Waals surface area contributed by atoms with E-state index in [4.69, 9.17) is 9.47 Å². The Bertz CT molecular complexity index is 1230. The third kappa shape index (κ3) is 7.27. The molecular weight excluding hydrogens is 519 g/mol. The molecule has 0 saturated carbocycles. The number of nitrogens with one attached hydrogen (secondary N) is 2. The van der Waals surface area contributed by atoms with Gasteiger partial charge < -0.3 is 25.0 Å². The number of ether oxygens (including phenoxy) is 2. The zero-order valence-electron chi connectivity index (χ0n) is 22.5. The summed E-state index contributed by atoms with van der Waals surface area (Å²) >= 11 is 1.64.